The monoisotopic (exact) mass is 594 g/mol. The number of anilines is 2. The molecule has 2 aromatic carbocycles. The third-order valence-corrected chi connectivity index (χ3v) is 8.32. The quantitative estimate of drug-likeness (QED) is 0.231. The number of benzene rings is 2. The van der Waals surface area contributed by atoms with Gasteiger partial charge in [-0.2, -0.15) is 13.2 Å². The molecule has 1 amide bonds. The van der Waals surface area contributed by atoms with Gasteiger partial charge in [0, 0.05) is 18.1 Å². The van der Waals surface area contributed by atoms with Gasteiger partial charge in [0.15, 0.2) is 11.0 Å². The zero-order chi connectivity index (χ0) is 29.9. The van der Waals surface area contributed by atoms with Gasteiger partial charge < -0.3 is 10.4 Å². The smallest absolute Gasteiger partial charge is 0.417 e. The molecule has 0 aliphatic heterocycles. The highest BCUT2D eigenvalue weighted by Gasteiger charge is 2.35. The van der Waals surface area contributed by atoms with E-state index in [1.54, 1.807) is 42.5 Å². The summed E-state index contributed by atoms with van der Waals surface area (Å²) in [7, 11) is -1.95. The van der Waals surface area contributed by atoms with Gasteiger partial charge in [0.05, 0.1) is 22.6 Å². The van der Waals surface area contributed by atoms with Crippen molar-refractivity contribution in [3.8, 4) is 0 Å². The lowest BCUT2D eigenvalue weighted by atomic mass is 9.80. The Morgan fingerprint density at radius 3 is 2.29 bits per heavy atom. The fourth-order valence-electron chi connectivity index (χ4n) is 4.46. The van der Waals surface area contributed by atoms with E-state index in [1.807, 2.05) is 0 Å². The van der Waals surface area contributed by atoms with E-state index in [4.69, 9.17) is 0 Å². The number of alkyl halides is 3. The van der Waals surface area contributed by atoms with E-state index in [1.165, 1.54) is 34.8 Å². The molecular weight excluding hydrogens is 569 g/mol. The predicted octanol–water partition coefficient (Wildman–Crippen LogP) is 6.44. The third kappa shape index (κ3) is 6.49. The van der Waals surface area contributed by atoms with Crippen LogP contribution in [0.2, 0.25) is 0 Å². The molecule has 0 saturated heterocycles. The van der Waals surface area contributed by atoms with Crippen LogP contribution in [0.25, 0.3) is 0 Å². The molecule has 0 radical (unpaired) electrons. The largest absolute Gasteiger partial charge is 0.478 e. The van der Waals surface area contributed by atoms with Crippen LogP contribution in [0.15, 0.2) is 90.1 Å². The lowest BCUT2D eigenvalue weighted by Crippen LogP contribution is -2.29. The normalized spacial score (nSPS) is 14.1. The van der Waals surface area contributed by atoms with Crippen LogP contribution >= 0.6 is 0 Å². The first-order valence-electron chi connectivity index (χ1n) is 13.0. The molecule has 12 heteroatoms. The summed E-state index contributed by atoms with van der Waals surface area (Å²) in [5, 5.41) is 12.0. The van der Waals surface area contributed by atoms with Gasteiger partial charge in [-0.15, -0.1) is 0 Å². The summed E-state index contributed by atoms with van der Waals surface area (Å²) in [6, 6.07) is 18.3. The molecule has 8 nitrogen and oxygen atoms in total. The number of aromatic nitrogens is 2. The van der Waals surface area contributed by atoms with Crippen molar-refractivity contribution in [1.29, 1.82) is 0 Å². The van der Waals surface area contributed by atoms with Crippen molar-refractivity contribution < 1.29 is 32.1 Å². The van der Waals surface area contributed by atoms with Gasteiger partial charge in [0.25, 0.3) is 5.91 Å². The molecule has 1 saturated carbocycles. The number of halogens is 3. The number of amides is 1. The first-order valence-corrected chi connectivity index (χ1v) is 14.1. The topological polar surface area (TPSA) is 112 Å². The van der Waals surface area contributed by atoms with Crippen LogP contribution < -0.4 is 9.62 Å². The Kier molecular flexibility index (Phi) is 8.34. The number of aromatic carboxylic acids is 1. The maximum absolute atomic E-state index is 13.9. The zero-order valence-electron chi connectivity index (χ0n) is 22.0. The zero-order valence-corrected chi connectivity index (χ0v) is 22.9. The van der Waals surface area contributed by atoms with E-state index >= 15 is 0 Å². The summed E-state index contributed by atoms with van der Waals surface area (Å²) in [4.78, 5) is 32.2. The molecule has 5 rings (SSSR count). The molecule has 1 fully saturated rings. The van der Waals surface area contributed by atoms with Crippen molar-refractivity contribution in [2.45, 2.75) is 42.8 Å². The maximum Gasteiger partial charge on any atom is 0.417 e. The Hall–Kier alpha value is -4.58. The van der Waals surface area contributed by atoms with Gasteiger partial charge in [-0.25, -0.2) is 14.0 Å². The van der Waals surface area contributed by atoms with Crippen molar-refractivity contribution in [2.24, 2.45) is 0 Å². The van der Waals surface area contributed by atoms with Crippen LogP contribution in [0.1, 0.15) is 62.7 Å². The summed E-state index contributed by atoms with van der Waals surface area (Å²) in [6.07, 6.45) is -0.0919. The highest BCUT2D eigenvalue weighted by molar-refractivity contribution is 7.86. The number of carbonyl (C=O) groups is 2. The maximum atomic E-state index is 13.9. The molecule has 1 aliphatic rings. The molecule has 1 unspecified atom stereocenters. The number of carboxylic acid groups (broad SMARTS) is 1. The fourth-order valence-corrected chi connectivity index (χ4v) is 5.66. The van der Waals surface area contributed by atoms with E-state index < -0.39 is 34.6 Å². The van der Waals surface area contributed by atoms with Gasteiger partial charge in [0.2, 0.25) is 0 Å². The molecule has 2 N–H and O–H groups in total. The molecular formula is C30H25F3N4O4S. The number of nitrogens with one attached hydrogen (secondary N) is 1. The van der Waals surface area contributed by atoms with Crippen LogP contribution in [0.3, 0.4) is 0 Å². The first-order chi connectivity index (χ1) is 20.1. The number of hydrogen-bond donors (Lipinski definition) is 2. The average Bonchev–Trinajstić information content (AvgIpc) is 2.95. The second-order valence-corrected chi connectivity index (χ2v) is 11.2. The van der Waals surface area contributed by atoms with Gasteiger partial charge in [-0.3, -0.25) is 14.1 Å². The fraction of sp³-hybridized carbons (Fsp3) is 0.200. The molecule has 2 heterocycles. The van der Waals surface area contributed by atoms with Crippen LogP contribution in [0.5, 0.6) is 0 Å². The minimum Gasteiger partial charge on any atom is -0.478 e. The molecule has 1 aliphatic carbocycles. The van der Waals surface area contributed by atoms with Crippen molar-refractivity contribution in [1.82, 2.24) is 9.97 Å². The second-order valence-electron chi connectivity index (χ2n) is 9.74. The predicted molar refractivity (Wildman–Crippen MR) is 150 cm³/mol. The Labute approximate surface area is 241 Å². The van der Waals surface area contributed by atoms with Crippen LogP contribution in [-0.2, 0) is 23.7 Å². The van der Waals surface area contributed by atoms with Crippen molar-refractivity contribution in [3.63, 3.8) is 0 Å². The lowest BCUT2D eigenvalue weighted by Gasteiger charge is -2.32. The lowest BCUT2D eigenvalue weighted by molar-refractivity contribution is -0.137. The van der Waals surface area contributed by atoms with Crippen LogP contribution in [0, 0.1) is 0 Å². The van der Waals surface area contributed by atoms with Crippen molar-refractivity contribution in [3.05, 3.63) is 113 Å². The molecule has 4 aromatic rings. The Balaban J connectivity index is 1.48. The summed E-state index contributed by atoms with van der Waals surface area (Å²) in [5.41, 5.74) is 0.891. The van der Waals surface area contributed by atoms with Crippen molar-refractivity contribution >= 4 is 34.4 Å². The van der Waals surface area contributed by atoms with E-state index in [0.717, 1.165) is 18.7 Å². The molecule has 42 heavy (non-hydrogen) atoms. The van der Waals surface area contributed by atoms with Gasteiger partial charge in [0.1, 0.15) is 11.5 Å². The Morgan fingerprint density at radius 1 is 1.00 bits per heavy atom. The molecule has 1 atom stereocenters. The van der Waals surface area contributed by atoms with E-state index in [9.17, 15) is 32.1 Å². The first kappa shape index (κ1) is 28.9. The number of hydrogen-bond acceptors (Lipinski definition) is 5. The number of carbonyl (C=O) groups excluding carboxylic acids is 1. The van der Waals surface area contributed by atoms with Crippen LogP contribution in [0.4, 0.5) is 24.7 Å². The molecule has 216 valence electrons. The SMILES string of the molecule is O=C(O)c1ccc(S(=O)N(Cc2ccc(NC(=O)c3ccccn3)cc2)c2ncc(C(F)(F)F)cc2C2CCC2)cc1. The van der Waals surface area contributed by atoms with Crippen molar-refractivity contribution in [2.75, 3.05) is 9.62 Å². The number of carboxylic acids is 1. The van der Waals surface area contributed by atoms with Gasteiger partial charge in [-0.05, 0) is 84.5 Å². The van der Waals surface area contributed by atoms with E-state index in [-0.39, 0.29) is 34.4 Å². The van der Waals surface area contributed by atoms with Gasteiger partial charge >= 0.3 is 12.1 Å². The molecule has 2 aromatic heterocycles. The summed E-state index contributed by atoms with van der Waals surface area (Å²) in [5.74, 6) is -1.53. The Bertz CT molecular complexity index is 1610. The van der Waals surface area contributed by atoms with Crippen LogP contribution in [-0.4, -0.2) is 31.2 Å². The summed E-state index contributed by atoms with van der Waals surface area (Å²) in [6.45, 7) is 0.0137. The molecule has 0 spiro atoms. The highest BCUT2D eigenvalue weighted by atomic mass is 32.2. The minimum atomic E-state index is -4.59. The average molecular weight is 595 g/mol. The van der Waals surface area contributed by atoms with Gasteiger partial charge in [-0.1, -0.05) is 24.6 Å². The number of pyridine rings is 2. The van der Waals surface area contributed by atoms with E-state index in [2.05, 4.69) is 15.3 Å². The summed E-state index contributed by atoms with van der Waals surface area (Å²) < 4.78 is 56.2. The Morgan fingerprint density at radius 2 is 1.71 bits per heavy atom. The highest BCUT2D eigenvalue weighted by Crippen LogP contribution is 2.43. The summed E-state index contributed by atoms with van der Waals surface area (Å²) >= 11 is 0. The third-order valence-electron chi connectivity index (χ3n) is 6.94. The standard InChI is InChI=1S/C30H25F3N4O4S/c31-30(32,33)22-16-25(20-4-3-5-20)27(35-17-22)37(42(41)24-13-9-21(10-14-24)29(39)40)18-19-7-11-23(12-8-19)36-28(38)26-6-1-2-15-34-26/h1-2,6-17,20H,3-5,18H2,(H,36,38)(H,39,40). The minimum absolute atomic E-state index is 0.00782. The number of nitrogens with zero attached hydrogens (tertiary/aromatic N) is 3. The van der Waals surface area contributed by atoms with E-state index in [0.29, 0.717) is 29.7 Å². The second kappa shape index (κ2) is 12.1. The molecule has 0 bridgehead atoms. The number of rotatable bonds is 9.